The van der Waals surface area contributed by atoms with Gasteiger partial charge in [-0.3, -0.25) is 9.69 Å². The fourth-order valence-corrected chi connectivity index (χ4v) is 5.69. The van der Waals surface area contributed by atoms with E-state index in [0.717, 1.165) is 24.0 Å². The number of hydrogen-bond donors (Lipinski definition) is 3. The Morgan fingerprint density at radius 3 is 2.33 bits per heavy atom. The number of carbonyl (C=O) groups is 3. The Hall–Kier alpha value is -2.92. The summed E-state index contributed by atoms with van der Waals surface area (Å²) in [7, 11) is -2.79. The van der Waals surface area contributed by atoms with Crippen molar-refractivity contribution in [3.8, 4) is 0 Å². The molecule has 0 aromatic heterocycles. The van der Waals surface area contributed by atoms with Gasteiger partial charge in [-0.15, -0.1) is 0 Å². The predicted octanol–water partition coefficient (Wildman–Crippen LogP) is 2.39. The van der Waals surface area contributed by atoms with E-state index < -0.39 is 22.1 Å². The average molecular weight is 521 g/mol. The summed E-state index contributed by atoms with van der Waals surface area (Å²) in [5, 5.41) is 14.8. The van der Waals surface area contributed by atoms with Crippen LogP contribution in [0.3, 0.4) is 0 Å². The standard InChI is InChI=1S/C25H36N4O6S/c1-4-22-17(2)15-29(23(22)31)24(32)26-14-13-18-7-11-21(12-8-18)36(34,35)28(3)25(33)27-20-9-5-19(16-30)6-10-20/h7-8,11-12,19-20,30H,4-6,9-10,13-16H2,1-3H3,(H,26,32)(H,27,33). The second kappa shape index (κ2) is 11.9. The van der Waals surface area contributed by atoms with Crippen LogP contribution in [-0.4, -0.2) is 73.5 Å². The number of nitrogens with zero attached hydrogens (tertiary/aromatic N) is 2. The zero-order valence-corrected chi connectivity index (χ0v) is 21.9. The summed E-state index contributed by atoms with van der Waals surface area (Å²) in [5.41, 5.74) is 2.38. The number of sulfonamides is 1. The molecule has 198 valence electrons. The molecule has 10 nitrogen and oxygen atoms in total. The molecule has 1 aliphatic carbocycles. The van der Waals surface area contributed by atoms with Crippen LogP contribution in [0.25, 0.3) is 0 Å². The van der Waals surface area contributed by atoms with Crippen molar-refractivity contribution in [3.05, 3.63) is 41.0 Å². The van der Waals surface area contributed by atoms with E-state index in [1.165, 1.54) is 24.1 Å². The molecule has 2 aliphatic rings. The Balaban J connectivity index is 1.50. The van der Waals surface area contributed by atoms with Gasteiger partial charge in [-0.2, -0.15) is 0 Å². The van der Waals surface area contributed by atoms with Crippen LogP contribution < -0.4 is 10.6 Å². The molecule has 0 spiro atoms. The number of amides is 5. The lowest BCUT2D eigenvalue weighted by atomic mass is 9.87. The summed E-state index contributed by atoms with van der Waals surface area (Å²) in [6, 6.07) is 4.92. The van der Waals surface area contributed by atoms with E-state index in [2.05, 4.69) is 10.6 Å². The molecule has 0 bridgehead atoms. The van der Waals surface area contributed by atoms with Crippen LogP contribution in [0, 0.1) is 5.92 Å². The van der Waals surface area contributed by atoms with Crippen LogP contribution in [0.4, 0.5) is 9.59 Å². The Kier molecular flexibility index (Phi) is 9.13. The first-order valence-corrected chi connectivity index (χ1v) is 13.8. The smallest absolute Gasteiger partial charge is 0.331 e. The highest BCUT2D eigenvalue weighted by Gasteiger charge is 2.31. The predicted molar refractivity (Wildman–Crippen MR) is 135 cm³/mol. The second-order valence-corrected chi connectivity index (χ2v) is 11.4. The number of hydrogen-bond acceptors (Lipinski definition) is 6. The monoisotopic (exact) mass is 520 g/mol. The highest BCUT2D eigenvalue weighted by Crippen LogP contribution is 2.24. The van der Waals surface area contributed by atoms with Crippen molar-refractivity contribution in [3.63, 3.8) is 0 Å². The summed E-state index contributed by atoms with van der Waals surface area (Å²) in [6.45, 7) is 4.45. The molecule has 1 saturated carbocycles. The first-order chi connectivity index (χ1) is 17.1. The number of aliphatic hydroxyl groups is 1. The van der Waals surface area contributed by atoms with Crippen LogP contribution in [0.15, 0.2) is 40.3 Å². The Morgan fingerprint density at radius 2 is 1.78 bits per heavy atom. The maximum atomic E-state index is 12.9. The van der Waals surface area contributed by atoms with Crippen LogP contribution >= 0.6 is 0 Å². The summed E-state index contributed by atoms with van der Waals surface area (Å²) in [6.07, 6.45) is 4.05. The first kappa shape index (κ1) is 27.7. The average Bonchev–Trinajstić information content (AvgIpc) is 3.17. The Bertz CT molecular complexity index is 1110. The van der Waals surface area contributed by atoms with Crippen molar-refractivity contribution in [2.24, 2.45) is 5.92 Å². The number of rotatable bonds is 8. The van der Waals surface area contributed by atoms with Gasteiger partial charge >= 0.3 is 12.1 Å². The van der Waals surface area contributed by atoms with E-state index in [4.69, 9.17) is 0 Å². The van der Waals surface area contributed by atoms with Crippen LogP contribution in [-0.2, 0) is 21.2 Å². The van der Waals surface area contributed by atoms with Gasteiger partial charge in [0.25, 0.3) is 15.9 Å². The van der Waals surface area contributed by atoms with Gasteiger partial charge in [0.15, 0.2) is 0 Å². The van der Waals surface area contributed by atoms with Gasteiger partial charge in [0.1, 0.15) is 0 Å². The van der Waals surface area contributed by atoms with E-state index in [1.54, 1.807) is 12.1 Å². The molecule has 3 rings (SSSR count). The minimum atomic E-state index is -4.02. The lowest BCUT2D eigenvalue weighted by molar-refractivity contribution is -0.123. The van der Waals surface area contributed by atoms with E-state index in [9.17, 15) is 27.9 Å². The molecule has 0 radical (unpaired) electrons. The topological polar surface area (TPSA) is 136 Å². The summed E-state index contributed by atoms with van der Waals surface area (Å²) in [5.74, 6) is -0.0164. The summed E-state index contributed by atoms with van der Waals surface area (Å²) >= 11 is 0. The van der Waals surface area contributed by atoms with E-state index in [0.29, 0.717) is 42.1 Å². The molecule has 1 aromatic rings. The molecule has 1 heterocycles. The molecule has 1 aromatic carbocycles. The minimum absolute atomic E-state index is 0.00627. The number of nitrogens with one attached hydrogen (secondary N) is 2. The molecule has 11 heteroatoms. The zero-order chi connectivity index (χ0) is 26.5. The SMILES string of the molecule is CCC1=C(C)CN(C(=O)NCCc2ccc(S(=O)(=O)N(C)C(=O)NC3CCC(CO)CC3)cc2)C1=O. The quantitative estimate of drug-likeness (QED) is 0.482. The van der Waals surface area contributed by atoms with Crippen LogP contribution in [0.5, 0.6) is 0 Å². The van der Waals surface area contributed by atoms with Crippen molar-refractivity contribution in [2.45, 2.75) is 63.3 Å². The van der Waals surface area contributed by atoms with Gasteiger partial charge in [0, 0.05) is 31.8 Å². The van der Waals surface area contributed by atoms with E-state index >= 15 is 0 Å². The van der Waals surface area contributed by atoms with Gasteiger partial charge < -0.3 is 15.7 Å². The van der Waals surface area contributed by atoms with Crippen molar-refractivity contribution in [2.75, 3.05) is 26.7 Å². The summed E-state index contributed by atoms with van der Waals surface area (Å²) < 4.78 is 26.6. The molecule has 1 aliphatic heterocycles. The third-order valence-electron chi connectivity index (χ3n) is 7.00. The molecule has 3 N–H and O–H groups in total. The molecule has 36 heavy (non-hydrogen) atoms. The molecular weight excluding hydrogens is 484 g/mol. The number of carbonyl (C=O) groups excluding carboxylic acids is 3. The van der Waals surface area contributed by atoms with Gasteiger partial charge in [-0.05, 0) is 74.6 Å². The fraction of sp³-hybridized carbons (Fsp3) is 0.560. The third-order valence-corrected chi connectivity index (χ3v) is 8.76. The lowest BCUT2D eigenvalue weighted by Crippen LogP contribution is -2.46. The lowest BCUT2D eigenvalue weighted by Gasteiger charge is -2.29. The maximum absolute atomic E-state index is 12.9. The van der Waals surface area contributed by atoms with Crippen LogP contribution in [0.2, 0.25) is 0 Å². The van der Waals surface area contributed by atoms with E-state index in [-0.39, 0.29) is 35.9 Å². The number of urea groups is 2. The number of imide groups is 1. The van der Waals surface area contributed by atoms with Crippen LogP contribution in [0.1, 0.15) is 51.5 Å². The van der Waals surface area contributed by atoms with Gasteiger partial charge in [0.05, 0.1) is 11.4 Å². The van der Waals surface area contributed by atoms with Crippen molar-refractivity contribution in [1.29, 1.82) is 0 Å². The second-order valence-electron chi connectivity index (χ2n) is 9.45. The summed E-state index contributed by atoms with van der Waals surface area (Å²) in [4.78, 5) is 38.4. The molecule has 0 atom stereocenters. The van der Waals surface area contributed by atoms with Gasteiger partial charge in [0.2, 0.25) is 0 Å². The largest absolute Gasteiger partial charge is 0.396 e. The van der Waals surface area contributed by atoms with Crippen molar-refractivity contribution >= 4 is 28.0 Å². The normalized spacial score (nSPS) is 20.4. The molecule has 1 fully saturated rings. The van der Waals surface area contributed by atoms with Gasteiger partial charge in [-0.1, -0.05) is 19.1 Å². The highest BCUT2D eigenvalue weighted by molar-refractivity contribution is 7.89. The van der Waals surface area contributed by atoms with Crippen molar-refractivity contribution in [1.82, 2.24) is 19.8 Å². The minimum Gasteiger partial charge on any atom is -0.396 e. The Morgan fingerprint density at radius 1 is 1.14 bits per heavy atom. The zero-order valence-electron chi connectivity index (χ0n) is 21.1. The third kappa shape index (κ3) is 6.25. The molecule has 0 saturated heterocycles. The molecular formula is C25H36N4O6S. The maximum Gasteiger partial charge on any atom is 0.331 e. The van der Waals surface area contributed by atoms with Crippen molar-refractivity contribution < 1.29 is 27.9 Å². The highest BCUT2D eigenvalue weighted by atomic mass is 32.2. The van der Waals surface area contributed by atoms with Gasteiger partial charge in [-0.25, -0.2) is 22.3 Å². The number of aliphatic hydroxyl groups excluding tert-OH is 1. The first-order valence-electron chi connectivity index (χ1n) is 12.4. The molecule has 5 amide bonds. The Labute approximate surface area is 212 Å². The van der Waals surface area contributed by atoms with E-state index in [1.807, 2.05) is 13.8 Å². The number of benzene rings is 1. The molecule has 0 unspecified atom stereocenters. The fourth-order valence-electron chi connectivity index (χ4n) is 4.63.